The Balaban J connectivity index is 2.55. The third-order valence-corrected chi connectivity index (χ3v) is 4.48. The van der Waals surface area contributed by atoms with Gasteiger partial charge >= 0.3 is 23.8 Å². The van der Waals surface area contributed by atoms with Gasteiger partial charge in [-0.25, -0.2) is 19.0 Å². The molecule has 0 bridgehead atoms. The quantitative estimate of drug-likeness (QED) is 0.634. The van der Waals surface area contributed by atoms with Crippen molar-refractivity contribution in [1.29, 1.82) is 0 Å². The third kappa shape index (κ3) is 4.98. The van der Waals surface area contributed by atoms with E-state index in [0.29, 0.717) is 4.57 Å². The van der Waals surface area contributed by atoms with Gasteiger partial charge in [0.25, 0.3) is 5.56 Å². The van der Waals surface area contributed by atoms with E-state index in [4.69, 9.17) is 21.1 Å². The Hall–Kier alpha value is -3.08. The molecular weight excluding hydrogens is 445 g/mol. The summed E-state index contributed by atoms with van der Waals surface area (Å²) in [6.45, 7) is 4.20. The number of rotatable bonds is 5. The predicted octanol–water partition coefficient (Wildman–Crippen LogP) is 2.71. The molecule has 0 unspecified atom stereocenters. The van der Waals surface area contributed by atoms with E-state index < -0.39 is 40.7 Å². The van der Waals surface area contributed by atoms with E-state index in [2.05, 4.69) is 0 Å². The van der Waals surface area contributed by atoms with Crippen molar-refractivity contribution in [2.24, 2.45) is 7.05 Å². The lowest BCUT2D eigenvalue weighted by Gasteiger charge is -2.23. The average molecular weight is 463 g/mol. The van der Waals surface area contributed by atoms with E-state index in [9.17, 15) is 32.3 Å². The van der Waals surface area contributed by atoms with Crippen molar-refractivity contribution in [3.05, 3.63) is 61.4 Å². The van der Waals surface area contributed by atoms with Crippen molar-refractivity contribution in [1.82, 2.24) is 9.13 Å². The van der Waals surface area contributed by atoms with Gasteiger partial charge in [0.05, 0.1) is 22.9 Å². The molecule has 2 rings (SSSR count). The van der Waals surface area contributed by atoms with Gasteiger partial charge in [0.2, 0.25) is 5.60 Å². The number of alkyl halides is 3. The highest BCUT2D eigenvalue weighted by Crippen LogP contribution is 2.27. The van der Waals surface area contributed by atoms with Crippen LogP contribution in [0, 0.1) is 0 Å². The first-order valence-electron chi connectivity index (χ1n) is 8.81. The number of carbonyl (C=O) groups is 2. The monoisotopic (exact) mass is 462 g/mol. The Morgan fingerprint density at radius 3 is 2.29 bits per heavy atom. The molecule has 0 aliphatic carbocycles. The second kappa shape index (κ2) is 8.58. The molecule has 0 N–H and O–H groups in total. The lowest BCUT2D eigenvalue weighted by Crippen LogP contribution is -2.41. The van der Waals surface area contributed by atoms with Gasteiger partial charge < -0.3 is 9.47 Å². The largest absolute Gasteiger partial charge is 0.463 e. The number of halogens is 4. The Morgan fingerprint density at radius 2 is 1.74 bits per heavy atom. The summed E-state index contributed by atoms with van der Waals surface area (Å²) in [5.41, 5.74) is -6.18. The molecule has 0 saturated heterocycles. The molecule has 0 spiro atoms. The molecule has 0 atom stereocenters. The van der Waals surface area contributed by atoms with Crippen LogP contribution in [0.3, 0.4) is 0 Å². The van der Waals surface area contributed by atoms with Gasteiger partial charge in [-0.15, -0.1) is 0 Å². The van der Waals surface area contributed by atoms with Gasteiger partial charge in [-0.2, -0.15) is 13.2 Å². The molecule has 0 amide bonds. The molecule has 8 nitrogen and oxygen atoms in total. The van der Waals surface area contributed by atoms with Crippen LogP contribution in [0.25, 0.3) is 5.69 Å². The Bertz CT molecular complexity index is 1150. The molecule has 2 aromatic rings. The van der Waals surface area contributed by atoms with Crippen LogP contribution in [-0.4, -0.2) is 33.3 Å². The topological polar surface area (TPSA) is 96.6 Å². The SMILES string of the molecule is CCOC(=O)C(C)(C)OC(=O)c1cc(-n2c(=O)cc(C(F)(F)F)n(C)c2=O)ccc1Cl. The summed E-state index contributed by atoms with van der Waals surface area (Å²) in [5, 5.41) is -0.134. The maximum absolute atomic E-state index is 13.0. The van der Waals surface area contributed by atoms with E-state index >= 15 is 0 Å². The Labute approximate surface area is 178 Å². The zero-order valence-electron chi connectivity index (χ0n) is 16.9. The lowest BCUT2D eigenvalue weighted by molar-refractivity contribution is -0.162. The van der Waals surface area contributed by atoms with Crippen molar-refractivity contribution in [3.8, 4) is 5.69 Å². The zero-order valence-corrected chi connectivity index (χ0v) is 17.6. The van der Waals surface area contributed by atoms with Crippen LogP contribution >= 0.6 is 11.6 Å². The summed E-state index contributed by atoms with van der Waals surface area (Å²) in [4.78, 5) is 49.2. The number of carbonyl (C=O) groups excluding carboxylic acids is 2. The standard InChI is InChI=1S/C19H18ClF3N2O6/c1-5-30-16(28)18(2,3)31-15(27)11-8-10(6-7-12(11)20)25-14(26)9-13(19(21,22)23)24(4)17(25)29/h6-9H,5H2,1-4H3. The molecule has 1 heterocycles. The van der Waals surface area contributed by atoms with Crippen molar-refractivity contribution in [2.45, 2.75) is 32.5 Å². The van der Waals surface area contributed by atoms with E-state index in [1.54, 1.807) is 6.92 Å². The number of aromatic nitrogens is 2. The molecule has 0 radical (unpaired) electrons. The predicted molar refractivity (Wildman–Crippen MR) is 103 cm³/mol. The third-order valence-electron chi connectivity index (χ3n) is 4.15. The molecular formula is C19H18ClF3N2O6. The molecule has 31 heavy (non-hydrogen) atoms. The molecule has 0 aliphatic heterocycles. The highest BCUT2D eigenvalue weighted by Gasteiger charge is 2.36. The van der Waals surface area contributed by atoms with Crippen molar-refractivity contribution >= 4 is 23.5 Å². The minimum atomic E-state index is -4.92. The van der Waals surface area contributed by atoms with Crippen molar-refractivity contribution < 1.29 is 32.2 Å². The number of benzene rings is 1. The molecule has 12 heteroatoms. The van der Waals surface area contributed by atoms with Crippen LogP contribution in [-0.2, 0) is 27.5 Å². The van der Waals surface area contributed by atoms with Crippen LogP contribution in [0.15, 0.2) is 33.9 Å². The van der Waals surface area contributed by atoms with Gasteiger partial charge in [-0.3, -0.25) is 9.36 Å². The van der Waals surface area contributed by atoms with Crippen LogP contribution in [0.5, 0.6) is 0 Å². The van der Waals surface area contributed by atoms with E-state index in [1.165, 1.54) is 19.9 Å². The second-order valence-electron chi connectivity index (χ2n) is 6.83. The van der Waals surface area contributed by atoms with E-state index in [0.717, 1.165) is 19.2 Å². The molecule has 0 saturated carbocycles. The molecule has 0 fully saturated rings. The molecule has 1 aromatic heterocycles. The minimum absolute atomic E-state index is 0.0518. The summed E-state index contributed by atoms with van der Waals surface area (Å²) in [7, 11) is 0.855. The highest BCUT2D eigenvalue weighted by molar-refractivity contribution is 6.33. The normalized spacial score (nSPS) is 11.9. The van der Waals surface area contributed by atoms with Gasteiger partial charge in [-0.1, -0.05) is 11.6 Å². The van der Waals surface area contributed by atoms with Crippen LogP contribution in [0.4, 0.5) is 13.2 Å². The molecule has 168 valence electrons. The fourth-order valence-electron chi connectivity index (χ4n) is 2.58. The van der Waals surface area contributed by atoms with Crippen LogP contribution in [0.1, 0.15) is 36.8 Å². The van der Waals surface area contributed by atoms with Gasteiger partial charge in [0, 0.05) is 13.1 Å². The number of esters is 2. The van der Waals surface area contributed by atoms with Gasteiger partial charge in [0.1, 0.15) is 5.69 Å². The number of nitrogens with zero attached hydrogens (tertiary/aromatic N) is 2. The summed E-state index contributed by atoms with van der Waals surface area (Å²) in [6.07, 6.45) is -4.92. The average Bonchev–Trinajstić information content (AvgIpc) is 2.64. The van der Waals surface area contributed by atoms with Gasteiger partial charge in [0.15, 0.2) is 0 Å². The highest BCUT2D eigenvalue weighted by atomic mass is 35.5. The number of hydrogen-bond donors (Lipinski definition) is 0. The minimum Gasteiger partial charge on any atom is -0.463 e. The first-order valence-corrected chi connectivity index (χ1v) is 9.19. The molecule has 1 aromatic carbocycles. The first kappa shape index (κ1) is 24.2. The Morgan fingerprint density at radius 1 is 1.13 bits per heavy atom. The lowest BCUT2D eigenvalue weighted by atomic mass is 10.1. The summed E-state index contributed by atoms with van der Waals surface area (Å²) < 4.78 is 49.7. The summed E-state index contributed by atoms with van der Waals surface area (Å²) in [6, 6.07) is 3.60. The summed E-state index contributed by atoms with van der Waals surface area (Å²) >= 11 is 6.01. The van der Waals surface area contributed by atoms with Crippen LogP contribution in [0.2, 0.25) is 5.02 Å². The van der Waals surface area contributed by atoms with Crippen LogP contribution < -0.4 is 11.2 Å². The fourth-order valence-corrected chi connectivity index (χ4v) is 2.77. The van der Waals surface area contributed by atoms with E-state index in [-0.39, 0.29) is 33.5 Å². The van der Waals surface area contributed by atoms with E-state index in [1.807, 2.05) is 0 Å². The molecule has 0 aliphatic rings. The number of hydrogen-bond acceptors (Lipinski definition) is 6. The van der Waals surface area contributed by atoms with Gasteiger partial charge in [-0.05, 0) is 39.0 Å². The second-order valence-corrected chi connectivity index (χ2v) is 7.23. The summed E-state index contributed by atoms with van der Waals surface area (Å²) in [5.74, 6) is -1.88. The maximum Gasteiger partial charge on any atom is 0.431 e. The van der Waals surface area contributed by atoms with Crippen molar-refractivity contribution in [3.63, 3.8) is 0 Å². The fraction of sp³-hybridized carbons (Fsp3) is 0.368. The number of ether oxygens (including phenoxy) is 2. The first-order chi connectivity index (χ1) is 14.2. The Kier molecular flexibility index (Phi) is 6.69. The smallest absolute Gasteiger partial charge is 0.431 e. The van der Waals surface area contributed by atoms with Crippen molar-refractivity contribution in [2.75, 3.05) is 6.61 Å². The zero-order chi connectivity index (χ0) is 23.7. The maximum atomic E-state index is 13.0.